The Bertz CT molecular complexity index is 486. The van der Waals surface area contributed by atoms with Crippen molar-refractivity contribution < 1.29 is 0 Å². The molecule has 0 saturated carbocycles. The van der Waals surface area contributed by atoms with Crippen molar-refractivity contribution in [1.82, 2.24) is 0 Å². The summed E-state index contributed by atoms with van der Waals surface area (Å²) in [6.45, 7) is 2.20. The van der Waals surface area contributed by atoms with Crippen LogP contribution in [0.15, 0.2) is 42.5 Å². The summed E-state index contributed by atoms with van der Waals surface area (Å²) >= 11 is 13.9. The highest BCUT2D eigenvalue weighted by molar-refractivity contribution is 7.16. The van der Waals surface area contributed by atoms with E-state index in [9.17, 15) is 0 Å². The van der Waals surface area contributed by atoms with Gasteiger partial charge in [0.15, 0.2) is 0 Å². The van der Waals surface area contributed by atoms with Crippen LogP contribution in [0.25, 0.3) is 0 Å². The lowest BCUT2D eigenvalue weighted by molar-refractivity contribution is 0.461. The maximum Gasteiger partial charge on any atom is 0.0931 e. The van der Waals surface area contributed by atoms with Crippen LogP contribution in [0.2, 0.25) is 4.34 Å². The van der Waals surface area contributed by atoms with Crippen LogP contribution in [-0.4, -0.2) is 5.88 Å². The average molecular weight is 299 g/mol. The Labute approximate surface area is 123 Å². The zero-order valence-corrected chi connectivity index (χ0v) is 12.7. The lowest BCUT2D eigenvalue weighted by Gasteiger charge is -2.31. The van der Waals surface area contributed by atoms with Crippen LogP contribution >= 0.6 is 34.5 Å². The molecule has 0 radical (unpaired) electrons. The molecule has 0 spiro atoms. The fourth-order valence-electron chi connectivity index (χ4n) is 2.22. The van der Waals surface area contributed by atoms with Crippen molar-refractivity contribution in [3.63, 3.8) is 0 Å². The van der Waals surface area contributed by atoms with Crippen LogP contribution in [0, 0.1) is 0 Å². The van der Waals surface area contributed by atoms with E-state index in [0.29, 0.717) is 5.88 Å². The first kappa shape index (κ1) is 13.9. The minimum Gasteiger partial charge on any atom is -0.128 e. The molecule has 18 heavy (non-hydrogen) atoms. The second kappa shape index (κ2) is 6.10. The second-order valence-corrected chi connectivity index (χ2v) is 6.58. The first-order valence-corrected chi connectivity index (χ1v) is 7.79. The maximum absolute atomic E-state index is 6.29. The molecule has 3 heteroatoms. The van der Waals surface area contributed by atoms with E-state index in [0.717, 1.165) is 17.2 Å². The first-order chi connectivity index (χ1) is 8.70. The molecular weight excluding hydrogens is 283 g/mol. The normalized spacial score (nSPS) is 14.4. The van der Waals surface area contributed by atoms with Gasteiger partial charge in [-0.15, -0.1) is 22.9 Å². The van der Waals surface area contributed by atoms with E-state index < -0.39 is 0 Å². The average Bonchev–Trinajstić information content (AvgIpc) is 2.82. The number of thiophene rings is 1. The van der Waals surface area contributed by atoms with E-state index in [4.69, 9.17) is 23.2 Å². The van der Waals surface area contributed by atoms with Crippen LogP contribution in [-0.2, 0) is 11.8 Å². The molecule has 1 atom stereocenters. The Morgan fingerprint density at radius 1 is 1.11 bits per heavy atom. The van der Waals surface area contributed by atoms with Gasteiger partial charge in [0, 0.05) is 16.2 Å². The summed E-state index contributed by atoms with van der Waals surface area (Å²) in [5.41, 5.74) is 1.32. The van der Waals surface area contributed by atoms with Gasteiger partial charge in [-0.05, 0) is 30.5 Å². The topological polar surface area (TPSA) is 0 Å². The third kappa shape index (κ3) is 2.90. The number of halogens is 2. The maximum atomic E-state index is 6.29. The number of alkyl halides is 1. The fraction of sp³-hybridized carbons (Fsp3) is 0.333. The number of hydrogen-bond acceptors (Lipinski definition) is 1. The summed E-state index contributed by atoms with van der Waals surface area (Å²) in [7, 11) is 0. The lowest BCUT2D eigenvalue weighted by atomic mass is 9.76. The third-order valence-corrected chi connectivity index (χ3v) is 5.20. The summed E-state index contributed by atoms with van der Waals surface area (Å²) in [6.07, 6.45) is 1.98. The molecule has 1 aromatic carbocycles. The molecule has 2 aromatic rings. The molecule has 0 nitrogen and oxygen atoms in total. The van der Waals surface area contributed by atoms with Crippen molar-refractivity contribution in [1.29, 1.82) is 0 Å². The predicted octanol–water partition coefficient (Wildman–Crippen LogP) is 5.53. The molecule has 0 aliphatic heterocycles. The molecule has 0 bridgehead atoms. The molecule has 0 aliphatic carbocycles. The van der Waals surface area contributed by atoms with Gasteiger partial charge < -0.3 is 0 Å². The highest BCUT2D eigenvalue weighted by Gasteiger charge is 2.30. The van der Waals surface area contributed by atoms with E-state index in [1.165, 1.54) is 10.4 Å². The largest absolute Gasteiger partial charge is 0.128 e. The Morgan fingerprint density at radius 3 is 2.33 bits per heavy atom. The molecule has 0 fully saturated rings. The number of rotatable bonds is 5. The molecule has 96 valence electrons. The predicted molar refractivity (Wildman–Crippen MR) is 82.2 cm³/mol. The Morgan fingerprint density at radius 2 is 1.83 bits per heavy atom. The highest BCUT2D eigenvalue weighted by atomic mass is 35.5. The first-order valence-electron chi connectivity index (χ1n) is 6.06. The quantitative estimate of drug-likeness (QED) is 0.637. The summed E-state index contributed by atoms with van der Waals surface area (Å²) in [5.74, 6) is 0.628. The summed E-state index contributed by atoms with van der Waals surface area (Å²) in [4.78, 5) is 1.30. The Kier molecular flexibility index (Phi) is 4.71. The van der Waals surface area contributed by atoms with Crippen LogP contribution in [0.5, 0.6) is 0 Å². The zero-order chi connectivity index (χ0) is 13.0. The monoisotopic (exact) mass is 298 g/mol. The van der Waals surface area contributed by atoms with Crippen molar-refractivity contribution in [3.05, 3.63) is 57.2 Å². The van der Waals surface area contributed by atoms with E-state index >= 15 is 0 Å². The number of benzene rings is 1. The van der Waals surface area contributed by atoms with Crippen LogP contribution < -0.4 is 0 Å². The van der Waals surface area contributed by atoms with Gasteiger partial charge in [-0.25, -0.2) is 0 Å². The van der Waals surface area contributed by atoms with Gasteiger partial charge in [0.1, 0.15) is 0 Å². The smallest absolute Gasteiger partial charge is 0.0931 e. The number of hydrogen-bond donors (Lipinski definition) is 0. The standard InChI is InChI=1S/C15H16Cl2S/c1-2-15(11-16,12-6-4-3-5-7-12)10-13-8-9-14(17)18-13/h3-9H,2,10-11H2,1H3. The van der Waals surface area contributed by atoms with Gasteiger partial charge in [0.25, 0.3) is 0 Å². The molecule has 1 unspecified atom stereocenters. The van der Waals surface area contributed by atoms with Crippen molar-refractivity contribution in [2.45, 2.75) is 25.2 Å². The van der Waals surface area contributed by atoms with Crippen LogP contribution in [0.1, 0.15) is 23.8 Å². The minimum absolute atomic E-state index is 0.0109. The van der Waals surface area contributed by atoms with Gasteiger partial charge >= 0.3 is 0 Å². The lowest BCUT2D eigenvalue weighted by Crippen LogP contribution is -2.30. The highest BCUT2D eigenvalue weighted by Crippen LogP contribution is 2.36. The molecule has 0 N–H and O–H groups in total. The summed E-state index contributed by atoms with van der Waals surface area (Å²) < 4.78 is 0.845. The van der Waals surface area contributed by atoms with E-state index in [2.05, 4.69) is 37.3 Å². The van der Waals surface area contributed by atoms with Crippen molar-refractivity contribution >= 4 is 34.5 Å². The Balaban J connectivity index is 2.32. The Hall–Kier alpha value is -0.500. The van der Waals surface area contributed by atoms with Crippen LogP contribution in [0.4, 0.5) is 0 Å². The molecule has 2 rings (SSSR count). The van der Waals surface area contributed by atoms with Gasteiger partial charge in [-0.3, -0.25) is 0 Å². The van der Waals surface area contributed by atoms with Gasteiger partial charge in [0.2, 0.25) is 0 Å². The molecule has 0 saturated heterocycles. The molecule has 0 amide bonds. The summed E-state index contributed by atoms with van der Waals surface area (Å²) in [5, 5.41) is 0. The van der Waals surface area contributed by atoms with Gasteiger partial charge in [0.05, 0.1) is 4.34 Å². The van der Waals surface area contributed by atoms with Crippen molar-refractivity contribution in [2.24, 2.45) is 0 Å². The van der Waals surface area contributed by atoms with E-state index in [1.807, 2.05) is 12.1 Å². The van der Waals surface area contributed by atoms with Gasteiger partial charge in [-0.1, -0.05) is 48.9 Å². The summed E-state index contributed by atoms with van der Waals surface area (Å²) in [6, 6.07) is 14.6. The molecule has 0 aliphatic rings. The minimum atomic E-state index is 0.0109. The SMILES string of the molecule is CCC(CCl)(Cc1ccc(Cl)s1)c1ccccc1. The molecule has 1 aromatic heterocycles. The molecule has 1 heterocycles. The zero-order valence-electron chi connectivity index (χ0n) is 10.3. The van der Waals surface area contributed by atoms with E-state index in [-0.39, 0.29) is 5.41 Å². The van der Waals surface area contributed by atoms with Crippen molar-refractivity contribution in [3.8, 4) is 0 Å². The van der Waals surface area contributed by atoms with E-state index in [1.54, 1.807) is 11.3 Å². The van der Waals surface area contributed by atoms with Crippen molar-refractivity contribution in [2.75, 3.05) is 5.88 Å². The second-order valence-electron chi connectivity index (χ2n) is 4.52. The van der Waals surface area contributed by atoms with Gasteiger partial charge in [-0.2, -0.15) is 0 Å². The fourth-order valence-corrected chi connectivity index (χ4v) is 3.89. The van der Waals surface area contributed by atoms with Crippen LogP contribution in [0.3, 0.4) is 0 Å². The third-order valence-electron chi connectivity index (χ3n) is 3.46. The molecular formula is C15H16Cl2S.